The van der Waals surface area contributed by atoms with Gasteiger partial charge >= 0.3 is 0 Å². The fourth-order valence-electron chi connectivity index (χ4n) is 7.86. The minimum Gasteiger partial charge on any atom is -0.453 e. The van der Waals surface area contributed by atoms with Crippen LogP contribution in [0.15, 0.2) is 217 Å². The molecule has 10 rings (SSSR count). The summed E-state index contributed by atoms with van der Waals surface area (Å²) < 4.78 is 7.17. The van der Waals surface area contributed by atoms with Gasteiger partial charge in [0, 0.05) is 27.4 Å². The van der Waals surface area contributed by atoms with E-state index in [1.165, 1.54) is 22.3 Å². The third-order valence-electron chi connectivity index (χ3n) is 10.5. The van der Waals surface area contributed by atoms with Crippen LogP contribution in [0.5, 0.6) is 0 Å². The van der Waals surface area contributed by atoms with E-state index in [-0.39, 0.29) is 0 Å². The van der Waals surface area contributed by atoms with E-state index in [1.54, 1.807) is 0 Å². The SMILES string of the molecule is c1ccc(-c2ccc(-c3ccc(N(c4ccc(-c5ccccc5)cc4)c4ccccc4-c4ccccc4)c4oc5c6ccccc6ccc5c34)cc2)cc1. The first kappa shape index (κ1) is 31.6. The van der Waals surface area contributed by atoms with E-state index in [4.69, 9.17) is 4.42 Å². The van der Waals surface area contributed by atoms with Crippen molar-refractivity contribution in [2.45, 2.75) is 0 Å². The third-order valence-corrected chi connectivity index (χ3v) is 10.5. The maximum Gasteiger partial charge on any atom is 0.160 e. The topological polar surface area (TPSA) is 16.4 Å². The predicted molar refractivity (Wildman–Crippen MR) is 228 cm³/mol. The van der Waals surface area contributed by atoms with Crippen molar-refractivity contribution >= 4 is 49.8 Å². The van der Waals surface area contributed by atoms with Crippen LogP contribution in [0.3, 0.4) is 0 Å². The Morgan fingerprint density at radius 1 is 0.296 bits per heavy atom. The molecule has 9 aromatic carbocycles. The van der Waals surface area contributed by atoms with Crippen LogP contribution in [0.25, 0.3) is 77.2 Å². The van der Waals surface area contributed by atoms with Crippen LogP contribution in [0.2, 0.25) is 0 Å². The van der Waals surface area contributed by atoms with Gasteiger partial charge in [0.05, 0.1) is 11.4 Å². The van der Waals surface area contributed by atoms with Gasteiger partial charge in [-0.2, -0.15) is 0 Å². The molecular weight excluding hydrogens is 655 g/mol. The number of hydrogen-bond donors (Lipinski definition) is 0. The number of para-hydroxylation sites is 1. The average molecular weight is 690 g/mol. The minimum absolute atomic E-state index is 0.848. The Labute approximate surface area is 314 Å². The Bertz CT molecular complexity index is 2890. The van der Waals surface area contributed by atoms with Gasteiger partial charge in [0.1, 0.15) is 5.58 Å². The first-order chi connectivity index (χ1) is 26.8. The van der Waals surface area contributed by atoms with E-state index >= 15 is 0 Å². The van der Waals surface area contributed by atoms with Crippen molar-refractivity contribution in [1.29, 1.82) is 0 Å². The van der Waals surface area contributed by atoms with E-state index < -0.39 is 0 Å². The molecule has 0 aliphatic carbocycles. The number of fused-ring (bicyclic) bond motifs is 5. The maximum absolute atomic E-state index is 7.17. The average Bonchev–Trinajstić information content (AvgIpc) is 3.66. The van der Waals surface area contributed by atoms with Crippen LogP contribution in [0, 0.1) is 0 Å². The van der Waals surface area contributed by atoms with Crippen molar-refractivity contribution < 1.29 is 4.42 Å². The zero-order valence-electron chi connectivity index (χ0n) is 29.6. The molecule has 0 radical (unpaired) electrons. The van der Waals surface area contributed by atoms with Crippen LogP contribution < -0.4 is 4.90 Å². The highest BCUT2D eigenvalue weighted by atomic mass is 16.3. The lowest BCUT2D eigenvalue weighted by Crippen LogP contribution is -2.11. The molecule has 1 aromatic heterocycles. The molecule has 0 amide bonds. The molecule has 54 heavy (non-hydrogen) atoms. The number of furan rings is 1. The summed E-state index contributed by atoms with van der Waals surface area (Å²) in [7, 11) is 0. The number of anilines is 3. The van der Waals surface area contributed by atoms with Gasteiger partial charge in [-0.05, 0) is 74.7 Å². The Kier molecular flexibility index (Phi) is 7.85. The monoisotopic (exact) mass is 689 g/mol. The summed E-state index contributed by atoms with van der Waals surface area (Å²) in [4.78, 5) is 2.37. The smallest absolute Gasteiger partial charge is 0.160 e. The van der Waals surface area contributed by atoms with Gasteiger partial charge in [-0.15, -0.1) is 0 Å². The zero-order chi connectivity index (χ0) is 35.8. The molecule has 0 aliphatic rings. The lowest BCUT2D eigenvalue weighted by Gasteiger charge is -2.28. The van der Waals surface area contributed by atoms with Crippen molar-refractivity contribution in [3.63, 3.8) is 0 Å². The van der Waals surface area contributed by atoms with Crippen LogP contribution in [0.4, 0.5) is 17.1 Å². The van der Waals surface area contributed by atoms with Crippen molar-refractivity contribution in [2.75, 3.05) is 4.90 Å². The Morgan fingerprint density at radius 2 is 0.815 bits per heavy atom. The fraction of sp³-hybridized carbons (Fsp3) is 0. The molecule has 0 N–H and O–H groups in total. The summed E-state index contributed by atoms with van der Waals surface area (Å²) in [5, 5.41) is 4.46. The summed E-state index contributed by atoms with van der Waals surface area (Å²) in [5.74, 6) is 0. The Hall–Kier alpha value is -7.16. The van der Waals surface area contributed by atoms with Gasteiger partial charge in [0.2, 0.25) is 0 Å². The highest BCUT2D eigenvalue weighted by molar-refractivity contribution is 6.22. The summed E-state index contributed by atoms with van der Waals surface area (Å²) in [6.07, 6.45) is 0. The van der Waals surface area contributed by atoms with E-state index in [0.29, 0.717) is 0 Å². The van der Waals surface area contributed by atoms with Crippen molar-refractivity contribution in [2.24, 2.45) is 0 Å². The molecule has 2 nitrogen and oxygen atoms in total. The molecule has 0 unspecified atom stereocenters. The Morgan fingerprint density at radius 3 is 1.50 bits per heavy atom. The molecule has 0 spiro atoms. The number of hydrogen-bond acceptors (Lipinski definition) is 2. The van der Waals surface area contributed by atoms with Gasteiger partial charge in [-0.25, -0.2) is 0 Å². The molecule has 254 valence electrons. The minimum atomic E-state index is 0.848. The summed E-state index contributed by atoms with van der Waals surface area (Å²) in [6.45, 7) is 0. The van der Waals surface area contributed by atoms with E-state index in [9.17, 15) is 0 Å². The summed E-state index contributed by atoms with van der Waals surface area (Å²) in [5.41, 5.74) is 14.2. The van der Waals surface area contributed by atoms with E-state index in [0.717, 1.165) is 72.0 Å². The Balaban J connectivity index is 1.23. The second kappa shape index (κ2) is 13.4. The zero-order valence-corrected chi connectivity index (χ0v) is 29.6. The van der Waals surface area contributed by atoms with Crippen LogP contribution in [0.1, 0.15) is 0 Å². The van der Waals surface area contributed by atoms with Crippen LogP contribution >= 0.6 is 0 Å². The largest absolute Gasteiger partial charge is 0.453 e. The van der Waals surface area contributed by atoms with E-state index in [2.05, 4.69) is 217 Å². The number of nitrogens with zero attached hydrogens (tertiary/aromatic N) is 1. The molecular formula is C52H35NO. The van der Waals surface area contributed by atoms with Gasteiger partial charge in [-0.3, -0.25) is 0 Å². The molecule has 0 bridgehead atoms. The van der Waals surface area contributed by atoms with Gasteiger partial charge < -0.3 is 9.32 Å². The molecule has 0 saturated heterocycles. The van der Waals surface area contributed by atoms with Gasteiger partial charge in [0.25, 0.3) is 0 Å². The highest BCUT2D eigenvalue weighted by Gasteiger charge is 2.24. The number of rotatable bonds is 7. The van der Waals surface area contributed by atoms with Crippen LogP contribution in [-0.2, 0) is 0 Å². The van der Waals surface area contributed by atoms with Crippen molar-refractivity contribution in [1.82, 2.24) is 0 Å². The predicted octanol–water partition coefficient (Wildman–Crippen LogP) is 14.9. The summed E-state index contributed by atoms with van der Waals surface area (Å²) in [6, 6.07) is 75.7. The normalized spacial score (nSPS) is 11.3. The highest BCUT2D eigenvalue weighted by Crippen LogP contribution is 2.49. The van der Waals surface area contributed by atoms with Gasteiger partial charge in [-0.1, -0.05) is 182 Å². The lowest BCUT2D eigenvalue weighted by molar-refractivity contribution is 0.673. The molecule has 0 atom stereocenters. The second-order valence-corrected chi connectivity index (χ2v) is 13.7. The van der Waals surface area contributed by atoms with Crippen molar-refractivity contribution in [3.05, 3.63) is 212 Å². The molecule has 1 heterocycles. The molecule has 10 aromatic rings. The van der Waals surface area contributed by atoms with E-state index in [1.807, 2.05) is 0 Å². The van der Waals surface area contributed by atoms with Crippen molar-refractivity contribution in [3.8, 4) is 44.5 Å². The summed E-state index contributed by atoms with van der Waals surface area (Å²) >= 11 is 0. The lowest BCUT2D eigenvalue weighted by atomic mass is 9.95. The fourth-order valence-corrected chi connectivity index (χ4v) is 7.86. The standard InChI is InChI=1S/C52H35NO/c1-4-14-36(15-5-1)38-24-26-42(27-25-38)45-34-35-49(52-50(45)47-33-30-41-20-10-11-22-46(41)51(47)54-52)53(43-31-28-39(29-32-43)37-16-6-2-7-17-37)48-23-13-12-21-44(48)40-18-8-3-9-19-40/h1-35H. The van der Waals surface area contributed by atoms with Crippen LogP contribution in [-0.4, -0.2) is 0 Å². The quantitative estimate of drug-likeness (QED) is 0.166. The first-order valence-electron chi connectivity index (χ1n) is 18.4. The van der Waals surface area contributed by atoms with Gasteiger partial charge in [0.15, 0.2) is 5.58 Å². The third kappa shape index (κ3) is 5.53. The molecule has 0 aliphatic heterocycles. The first-order valence-corrected chi connectivity index (χ1v) is 18.4. The molecule has 0 fully saturated rings. The number of benzene rings is 9. The second-order valence-electron chi connectivity index (χ2n) is 13.7. The maximum atomic E-state index is 7.17. The molecule has 2 heteroatoms. The molecule has 0 saturated carbocycles.